The third kappa shape index (κ3) is 4.08. The molecule has 0 aromatic heterocycles. The molecule has 0 saturated heterocycles. The predicted molar refractivity (Wildman–Crippen MR) is 58.2 cm³/mol. The minimum Gasteiger partial charge on any atom is -0.497 e. The van der Waals surface area contributed by atoms with E-state index in [1.54, 1.807) is 19.3 Å². The zero-order valence-electron chi connectivity index (χ0n) is 8.29. The maximum atomic E-state index is 9.96. The van der Waals surface area contributed by atoms with Crippen LogP contribution in [0.1, 0.15) is 5.56 Å². The smallest absolute Gasteiger partial charge is 0.234 e. The topological polar surface area (TPSA) is 52.4 Å². The van der Waals surface area contributed by atoms with E-state index in [9.17, 15) is 10.1 Å². The fraction of sp³-hybridized carbons (Fsp3) is 0.0909. The lowest BCUT2D eigenvalue weighted by atomic mass is 10.2. The molecule has 0 aliphatic carbocycles. The number of rotatable bonds is 4. The Bertz CT molecular complexity index is 379. The molecular weight excluding hydrogens is 194 g/mol. The second-order valence-electron chi connectivity index (χ2n) is 2.76. The van der Waals surface area contributed by atoms with Crippen LogP contribution in [0.4, 0.5) is 0 Å². The number of hydrogen-bond acceptors (Lipinski definition) is 3. The highest BCUT2D eigenvalue weighted by atomic mass is 16.6. The molecule has 0 heterocycles. The molecule has 0 aliphatic heterocycles. The van der Waals surface area contributed by atoms with Gasteiger partial charge in [0.25, 0.3) is 0 Å². The van der Waals surface area contributed by atoms with Gasteiger partial charge in [0.15, 0.2) is 0 Å². The predicted octanol–water partition coefficient (Wildman–Crippen LogP) is 2.50. The van der Waals surface area contributed by atoms with Crippen LogP contribution in [-0.2, 0) is 0 Å². The lowest BCUT2D eigenvalue weighted by molar-refractivity contribution is -0.402. The molecule has 1 rings (SSSR count). The Morgan fingerprint density at radius 1 is 1.27 bits per heavy atom. The van der Waals surface area contributed by atoms with Gasteiger partial charge in [-0.25, -0.2) is 0 Å². The van der Waals surface area contributed by atoms with E-state index in [4.69, 9.17) is 4.74 Å². The summed E-state index contributed by atoms with van der Waals surface area (Å²) >= 11 is 0. The molecule has 0 spiro atoms. The van der Waals surface area contributed by atoms with Gasteiger partial charge in [-0.15, -0.1) is 0 Å². The highest BCUT2D eigenvalue weighted by molar-refractivity contribution is 5.52. The molecule has 0 saturated carbocycles. The molecule has 0 unspecified atom stereocenters. The van der Waals surface area contributed by atoms with Gasteiger partial charge in [-0.3, -0.25) is 10.1 Å². The van der Waals surface area contributed by atoms with Crippen molar-refractivity contribution in [3.8, 4) is 5.75 Å². The van der Waals surface area contributed by atoms with Crippen molar-refractivity contribution < 1.29 is 9.66 Å². The van der Waals surface area contributed by atoms with Crippen molar-refractivity contribution in [3.05, 3.63) is 58.3 Å². The average molecular weight is 205 g/mol. The van der Waals surface area contributed by atoms with Crippen LogP contribution in [0, 0.1) is 10.1 Å². The summed E-state index contributed by atoms with van der Waals surface area (Å²) in [6, 6.07) is 7.40. The van der Waals surface area contributed by atoms with Crippen LogP contribution in [0.2, 0.25) is 0 Å². The second kappa shape index (κ2) is 5.59. The van der Waals surface area contributed by atoms with E-state index in [1.165, 1.54) is 6.08 Å². The molecule has 0 amide bonds. The van der Waals surface area contributed by atoms with Crippen molar-refractivity contribution in [2.24, 2.45) is 0 Å². The summed E-state index contributed by atoms with van der Waals surface area (Å²) in [5, 5.41) is 9.96. The van der Waals surface area contributed by atoms with E-state index in [2.05, 4.69) is 0 Å². The first-order valence-corrected chi connectivity index (χ1v) is 4.35. The molecule has 4 heteroatoms. The Hall–Kier alpha value is -2.10. The van der Waals surface area contributed by atoms with Gasteiger partial charge in [0, 0.05) is 6.08 Å². The standard InChI is InChI=1S/C11H11NO3/c1-15-11-7-5-10(6-8-11)4-2-3-9-12(13)14/h2-9H,1H3/b4-2+,9-3+. The van der Waals surface area contributed by atoms with Crippen molar-refractivity contribution in [1.29, 1.82) is 0 Å². The van der Waals surface area contributed by atoms with Crippen LogP contribution in [-0.4, -0.2) is 12.0 Å². The first-order valence-electron chi connectivity index (χ1n) is 4.35. The van der Waals surface area contributed by atoms with Gasteiger partial charge in [0.1, 0.15) is 5.75 Å². The Labute approximate surface area is 87.6 Å². The summed E-state index contributed by atoms with van der Waals surface area (Å²) in [5.41, 5.74) is 0.962. The van der Waals surface area contributed by atoms with Crippen molar-refractivity contribution >= 4 is 6.08 Å². The third-order valence-corrected chi connectivity index (χ3v) is 1.72. The summed E-state index contributed by atoms with van der Waals surface area (Å²) in [6.07, 6.45) is 5.66. The van der Waals surface area contributed by atoms with Gasteiger partial charge in [0.2, 0.25) is 6.20 Å². The molecule has 1 aromatic carbocycles. The Morgan fingerprint density at radius 2 is 1.93 bits per heavy atom. The second-order valence-corrected chi connectivity index (χ2v) is 2.76. The summed E-state index contributed by atoms with van der Waals surface area (Å²) in [7, 11) is 1.60. The lowest BCUT2D eigenvalue weighted by Crippen LogP contribution is -1.81. The van der Waals surface area contributed by atoms with Gasteiger partial charge in [-0.1, -0.05) is 24.3 Å². The molecule has 78 valence electrons. The average Bonchev–Trinajstić information content (AvgIpc) is 2.25. The normalized spacial score (nSPS) is 11.0. The number of nitro groups is 1. The van der Waals surface area contributed by atoms with Gasteiger partial charge >= 0.3 is 0 Å². The van der Waals surface area contributed by atoms with Crippen LogP contribution in [0.3, 0.4) is 0 Å². The number of hydrogen-bond donors (Lipinski definition) is 0. The lowest BCUT2D eigenvalue weighted by Gasteiger charge is -1.98. The summed E-state index contributed by atoms with van der Waals surface area (Å²) in [6.45, 7) is 0. The molecule has 0 aliphatic rings. The molecule has 15 heavy (non-hydrogen) atoms. The van der Waals surface area contributed by atoms with Gasteiger partial charge in [-0.2, -0.15) is 0 Å². The molecular formula is C11H11NO3. The molecule has 4 nitrogen and oxygen atoms in total. The maximum Gasteiger partial charge on any atom is 0.234 e. The van der Waals surface area contributed by atoms with E-state index >= 15 is 0 Å². The summed E-state index contributed by atoms with van der Waals surface area (Å²) in [5.74, 6) is 0.785. The number of ether oxygens (including phenoxy) is 1. The van der Waals surface area contributed by atoms with Crippen molar-refractivity contribution in [2.45, 2.75) is 0 Å². The third-order valence-electron chi connectivity index (χ3n) is 1.72. The maximum absolute atomic E-state index is 9.96. The number of methoxy groups -OCH3 is 1. The van der Waals surface area contributed by atoms with Crippen LogP contribution in [0.25, 0.3) is 6.08 Å². The van der Waals surface area contributed by atoms with Crippen LogP contribution in [0.15, 0.2) is 42.6 Å². The molecule has 0 fully saturated rings. The highest BCUT2D eigenvalue weighted by Gasteiger charge is 1.89. The molecule has 0 N–H and O–H groups in total. The fourth-order valence-corrected chi connectivity index (χ4v) is 1.00. The van der Waals surface area contributed by atoms with E-state index in [-0.39, 0.29) is 0 Å². The monoisotopic (exact) mass is 205 g/mol. The van der Waals surface area contributed by atoms with E-state index in [0.29, 0.717) is 0 Å². The number of benzene rings is 1. The molecule has 0 atom stereocenters. The largest absolute Gasteiger partial charge is 0.497 e. The van der Waals surface area contributed by atoms with Gasteiger partial charge < -0.3 is 4.74 Å². The van der Waals surface area contributed by atoms with Crippen molar-refractivity contribution in [2.75, 3.05) is 7.11 Å². The first-order chi connectivity index (χ1) is 7.22. The molecule has 0 bridgehead atoms. The zero-order valence-corrected chi connectivity index (χ0v) is 8.29. The summed E-state index contributed by atoms with van der Waals surface area (Å²) in [4.78, 5) is 9.46. The van der Waals surface area contributed by atoms with Crippen LogP contribution < -0.4 is 4.74 Å². The van der Waals surface area contributed by atoms with Crippen molar-refractivity contribution in [1.82, 2.24) is 0 Å². The SMILES string of the molecule is COc1ccc(/C=C/C=C/[N+](=O)[O-])cc1. The van der Waals surface area contributed by atoms with E-state index in [1.807, 2.05) is 24.3 Å². The quantitative estimate of drug-likeness (QED) is 0.431. The highest BCUT2D eigenvalue weighted by Crippen LogP contribution is 2.12. The molecule has 0 radical (unpaired) electrons. The first kappa shape index (κ1) is 11.0. The van der Waals surface area contributed by atoms with Crippen molar-refractivity contribution in [3.63, 3.8) is 0 Å². The molecule has 1 aromatic rings. The Balaban J connectivity index is 2.61. The van der Waals surface area contributed by atoms with Gasteiger partial charge in [-0.05, 0) is 17.7 Å². The fourth-order valence-electron chi connectivity index (χ4n) is 1.00. The van der Waals surface area contributed by atoms with Gasteiger partial charge in [0.05, 0.1) is 12.0 Å². The minimum absolute atomic E-state index is 0.502. The Morgan fingerprint density at radius 3 is 2.47 bits per heavy atom. The van der Waals surface area contributed by atoms with Crippen LogP contribution in [0.5, 0.6) is 5.75 Å². The number of allylic oxidation sites excluding steroid dienone is 2. The van der Waals surface area contributed by atoms with E-state index < -0.39 is 4.92 Å². The summed E-state index contributed by atoms with van der Waals surface area (Å²) < 4.78 is 5.00. The minimum atomic E-state index is -0.502. The zero-order chi connectivity index (χ0) is 11.1. The van der Waals surface area contributed by atoms with Crippen LogP contribution >= 0.6 is 0 Å². The Kier molecular flexibility index (Phi) is 4.09. The number of nitrogens with zero attached hydrogens (tertiary/aromatic N) is 1. The van der Waals surface area contributed by atoms with E-state index in [0.717, 1.165) is 17.5 Å².